The van der Waals surface area contributed by atoms with Crippen LogP contribution in [0.5, 0.6) is 0 Å². The molecule has 0 amide bonds. The highest BCUT2D eigenvalue weighted by atomic mass is 79.9. The summed E-state index contributed by atoms with van der Waals surface area (Å²) in [4.78, 5) is 5.01. The summed E-state index contributed by atoms with van der Waals surface area (Å²) in [5, 5.41) is 3.66. The van der Waals surface area contributed by atoms with Crippen LogP contribution in [0.1, 0.15) is 23.1 Å². The topological polar surface area (TPSA) is 21.6 Å². The number of alkyl halides is 2. The standard InChI is InChI=1S/C15H11BrF2NO/c16-13-7-5-11(6-8-13)9-19-20-10-12-3-1-2-4-14(12)15(17)18/h1-8,15H,10H2. The molecule has 0 bridgehead atoms. The Morgan fingerprint density at radius 3 is 2.50 bits per heavy atom. The largest absolute Gasteiger partial charge is 0.390 e. The maximum absolute atomic E-state index is 12.7. The van der Waals surface area contributed by atoms with E-state index in [1.807, 2.05) is 24.3 Å². The van der Waals surface area contributed by atoms with Gasteiger partial charge >= 0.3 is 0 Å². The molecule has 0 saturated heterocycles. The molecule has 0 unspecified atom stereocenters. The summed E-state index contributed by atoms with van der Waals surface area (Å²) in [5.41, 5.74) is 1.13. The number of halogens is 3. The quantitative estimate of drug-likeness (QED) is 0.566. The molecule has 2 aromatic carbocycles. The third kappa shape index (κ3) is 4.13. The highest BCUT2D eigenvalue weighted by molar-refractivity contribution is 9.10. The first-order chi connectivity index (χ1) is 9.66. The van der Waals surface area contributed by atoms with Gasteiger partial charge in [-0.2, -0.15) is 0 Å². The fourth-order valence-corrected chi connectivity index (χ4v) is 1.85. The lowest BCUT2D eigenvalue weighted by molar-refractivity contribution is 0.120. The molecule has 0 N–H and O–H groups in total. The zero-order valence-corrected chi connectivity index (χ0v) is 12.0. The highest BCUT2D eigenvalue weighted by Gasteiger charge is 2.11. The number of hydrogen-bond acceptors (Lipinski definition) is 2. The fourth-order valence-electron chi connectivity index (χ4n) is 1.59. The van der Waals surface area contributed by atoms with Crippen molar-refractivity contribution < 1.29 is 13.6 Å². The van der Waals surface area contributed by atoms with Crippen molar-refractivity contribution in [3.05, 3.63) is 69.7 Å². The van der Waals surface area contributed by atoms with Crippen molar-refractivity contribution >= 4 is 22.1 Å². The Labute approximate surface area is 124 Å². The Balaban J connectivity index is 1.94. The van der Waals surface area contributed by atoms with Gasteiger partial charge in [0.15, 0.2) is 0 Å². The van der Waals surface area contributed by atoms with Gasteiger partial charge in [0.25, 0.3) is 6.43 Å². The van der Waals surface area contributed by atoms with Crippen LogP contribution < -0.4 is 0 Å². The molecule has 2 nitrogen and oxygen atoms in total. The Hall–Kier alpha value is -1.75. The minimum Gasteiger partial charge on any atom is -0.390 e. The van der Waals surface area contributed by atoms with Gasteiger partial charge in [-0.15, -0.1) is 0 Å². The molecule has 0 fully saturated rings. The molecule has 0 heterocycles. The molecular formula is C15H11BrF2NO. The SMILES string of the molecule is FC(F)c1ccccc1CO/N=[C]\c1ccc(Br)cc1. The van der Waals surface area contributed by atoms with Gasteiger partial charge in [0.2, 0.25) is 0 Å². The van der Waals surface area contributed by atoms with Gasteiger partial charge in [0.1, 0.15) is 12.8 Å². The zero-order chi connectivity index (χ0) is 14.4. The summed E-state index contributed by atoms with van der Waals surface area (Å²) in [6.45, 7) is -0.00988. The maximum atomic E-state index is 12.7. The van der Waals surface area contributed by atoms with Crippen LogP contribution in [0.25, 0.3) is 0 Å². The summed E-state index contributed by atoms with van der Waals surface area (Å²) in [6, 6.07) is 13.6. The summed E-state index contributed by atoms with van der Waals surface area (Å²) in [7, 11) is 0. The lowest BCUT2D eigenvalue weighted by atomic mass is 10.1. The van der Waals surface area contributed by atoms with Crippen molar-refractivity contribution in [1.82, 2.24) is 0 Å². The Morgan fingerprint density at radius 1 is 1.10 bits per heavy atom. The van der Waals surface area contributed by atoms with Gasteiger partial charge in [0.05, 0.1) is 0 Å². The monoisotopic (exact) mass is 338 g/mol. The van der Waals surface area contributed by atoms with Crippen LogP contribution in [0.15, 0.2) is 58.2 Å². The van der Waals surface area contributed by atoms with Crippen molar-refractivity contribution in [3.63, 3.8) is 0 Å². The van der Waals surface area contributed by atoms with Crippen molar-refractivity contribution in [2.75, 3.05) is 0 Å². The fraction of sp³-hybridized carbons (Fsp3) is 0.133. The van der Waals surface area contributed by atoms with E-state index in [4.69, 9.17) is 4.84 Å². The second-order valence-electron chi connectivity index (χ2n) is 3.98. The van der Waals surface area contributed by atoms with Gasteiger partial charge in [-0.25, -0.2) is 8.78 Å². The van der Waals surface area contributed by atoms with Crippen LogP contribution in [0, 0.1) is 0 Å². The lowest BCUT2D eigenvalue weighted by Gasteiger charge is -2.06. The molecule has 0 aliphatic heterocycles. The van der Waals surface area contributed by atoms with Crippen molar-refractivity contribution in [1.29, 1.82) is 0 Å². The van der Waals surface area contributed by atoms with Gasteiger partial charge < -0.3 is 4.84 Å². The van der Waals surface area contributed by atoms with Gasteiger partial charge in [0, 0.05) is 21.2 Å². The van der Waals surface area contributed by atoms with E-state index >= 15 is 0 Å². The van der Waals surface area contributed by atoms with E-state index < -0.39 is 6.43 Å². The molecular weight excluding hydrogens is 328 g/mol. The molecule has 5 heteroatoms. The van der Waals surface area contributed by atoms with Crippen LogP contribution in [0.3, 0.4) is 0 Å². The van der Waals surface area contributed by atoms with Crippen LogP contribution in [-0.2, 0) is 11.4 Å². The van der Waals surface area contributed by atoms with Gasteiger partial charge in [-0.1, -0.05) is 57.5 Å². The molecule has 0 spiro atoms. The molecule has 0 saturated carbocycles. The van der Waals surface area contributed by atoms with Crippen molar-refractivity contribution in [2.24, 2.45) is 5.16 Å². The van der Waals surface area contributed by atoms with Gasteiger partial charge in [-0.3, -0.25) is 0 Å². The second kappa shape index (κ2) is 7.14. The van der Waals surface area contributed by atoms with Crippen LogP contribution in [-0.4, -0.2) is 6.21 Å². The molecule has 0 aliphatic carbocycles. The Bertz CT molecular complexity index is 585. The smallest absolute Gasteiger partial charge is 0.264 e. The van der Waals surface area contributed by atoms with E-state index in [-0.39, 0.29) is 12.2 Å². The lowest BCUT2D eigenvalue weighted by Crippen LogP contribution is -1.95. The maximum Gasteiger partial charge on any atom is 0.264 e. The first-order valence-corrected chi connectivity index (χ1v) is 6.65. The third-order valence-electron chi connectivity index (χ3n) is 2.59. The average molecular weight is 339 g/mol. The number of benzene rings is 2. The molecule has 1 radical (unpaired) electrons. The molecule has 0 aliphatic rings. The van der Waals surface area contributed by atoms with Gasteiger partial charge in [-0.05, 0) is 12.1 Å². The van der Waals surface area contributed by atoms with E-state index in [1.165, 1.54) is 6.07 Å². The highest BCUT2D eigenvalue weighted by Crippen LogP contribution is 2.23. The van der Waals surface area contributed by atoms with E-state index in [1.54, 1.807) is 18.2 Å². The van der Waals surface area contributed by atoms with Crippen molar-refractivity contribution in [2.45, 2.75) is 13.0 Å². The normalized spacial score (nSPS) is 11.2. The van der Waals surface area contributed by atoms with E-state index in [2.05, 4.69) is 27.3 Å². The first-order valence-electron chi connectivity index (χ1n) is 5.86. The summed E-state index contributed by atoms with van der Waals surface area (Å²) >= 11 is 3.32. The van der Waals surface area contributed by atoms with E-state index in [0.29, 0.717) is 5.56 Å². The predicted molar refractivity (Wildman–Crippen MR) is 76.9 cm³/mol. The summed E-state index contributed by atoms with van der Waals surface area (Å²) < 4.78 is 26.4. The molecule has 0 atom stereocenters. The van der Waals surface area contributed by atoms with E-state index in [9.17, 15) is 8.78 Å². The predicted octanol–water partition coefficient (Wildman–Crippen LogP) is 4.81. The minimum atomic E-state index is -2.52. The number of rotatable bonds is 5. The minimum absolute atomic E-state index is 0.00988. The Kier molecular flexibility index (Phi) is 5.24. The summed E-state index contributed by atoms with van der Waals surface area (Å²) in [5.74, 6) is 0. The number of nitrogens with zero attached hydrogens (tertiary/aromatic N) is 1. The Morgan fingerprint density at radius 2 is 1.80 bits per heavy atom. The summed E-state index contributed by atoms with van der Waals surface area (Å²) in [6.07, 6.45) is 0.166. The first kappa shape index (κ1) is 14.7. The zero-order valence-electron chi connectivity index (χ0n) is 10.4. The van der Waals surface area contributed by atoms with Crippen LogP contribution in [0.4, 0.5) is 8.78 Å². The molecule has 103 valence electrons. The third-order valence-corrected chi connectivity index (χ3v) is 3.12. The van der Waals surface area contributed by atoms with E-state index in [0.717, 1.165) is 10.0 Å². The number of hydrogen-bond donors (Lipinski definition) is 0. The van der Waals surface area contributed by atoms with Crippen molar-refractivity contribution in [3.8, 4) is 0 Å². The molecule has 2 rings (SSSR count). The van der Waals surface area contributed by atoms with Crippen LogP contribution in [0.2, 0.25) is 0 Å². The molecule has 20 heavy (non-hydrogen) atoms. The molecule has 2 aromatic rings. The van der Waals surface area contributed by atoms with Crippen LogP contribution >= 0.6 is 15.9 Å². The second-order valence-corrected chi connectivity index (χ2v) is 4.90. The molecule has 0 aromatic heterocycles. The average Bonchev–Trinajstić information content (AvgIpc) is 2.46.